The van der Waals surface area contributed by atoms with Crippen molar-refractivity contribution in [3.63, 3.8) is 0 Å². The number of fused-ring (bicyclic) bond motifs is 1. The minimum Gasteiger partial charge on any atom is -0.386 e. The molecule has 0 bridgehead atoms. The van der Waals surface area contributed by atoms with Gasteiger partial charge in [0.05, 0.1) is 16.9 Å². The van der Waals surface area contributed by atoms with Crippen molar-refractivity contribution in [2.45, 2.75) is 32.3 Å². The molecule has 0 atom stereocenters. The van der Waals surface area contributed by atoms with Crippen molar-refractivity contribution in [3.05, 3.63) is 57.8 Å². The third kappa shape index (κ3) is 3.73. The Morgan fingerprint density at radius 3 is 2.64 bits per heavy atom. The molecule has 1 amide bonds. The van der Waals surface area contributed by atoms with Crippen LogP contribution in [0, 0.1) is 0 Å². The number of amidine groups is 1. The predicted octanol–water partition coefficient (Wildman–Crippen LogP) is 4.89. The average molecular weight is 412 g/mol. The van der Waals surface area contributed by atoms with Crippen LogP contribution < -0.4 is 11.1 Å². The Morgan fingerprint density at radius 2 is 1.96 bits per heavy atom. The number of carbonyl (C=O) groups excluding carboxylic acids is 1. The molecule has 0 saturated heterocycles. The summed E-state index contributed by atoms with van der Waals surface area (Å²) in [7, 11) is 0. The molecule has 1 aromatic carbocycles. The van der Waals surface area contributed by atoms with E-state index in [2.05, 4.69) is 10.7 Å². The second-order valence-electron chi connectivity index (χ2n) is 7.27. The molecule has 0 radical (unpaired) electrons. The number of hydrogen-bond donors (Lipinski definition) is 3. The summed E-state index contributed by atoms with van der Waals surface area (Å²) < 4.78 is 0. The van der Waals surface area contributed by atoms with Gasteiger partial charge in [0.25, 0.3) is 5.91 Å². The predicted molar refractivity (Wildman–Crippen MR) is 117 cm³/mol. The number of nitrogens with two attached hydrogens (primary N) is 1. The van der Waals surface area contributed by atoms with E-state index in [1.54, 1.807) is 31.3 Å². The smallest absolute Gasteiger partial charge is 0.251 e. The lowest BCUT2D eigenvalue weighted by Crippen LogP contribution is -2.18. The first-order valence-corrected chi connectivity index (χ1v) is 10.7. The van der Waals surface area contributed by atoms with Gasteiger partial charge in [-0.1, -0.05) is 24.3 Å². The van der Waals surface area contributed by atoms with Crippen LogP contribution in [-0.2, 0) is 12.0 Å². The normalized spacial score (nSPS) is 15.3. The third-order valence-corrected chi connectivity index (χ3v) is 6.76. The van der Waals surface area contributed by atoms with E-state index in [1.165, 1.54) is 16.2 Å². The van der Waals surface area contributed by atoms with Crippen molar-refractivity contribution < 1.29 is 9.90 Å². The van der Waals surface area contributed by atoms with E-state index in [0.717, 1.165) is 40.4 Å². The van der Waals surface area contributed by atoms with Crippen molar-refractivity contribution in [1.82, 2.24) is 0 Å². The fourth-order valence-corrected chi connectivity index (χ4v) is 5.03. The van der Waals surface area contributed by atoms with Crippen molar-refractivity contribution in [1.29, 1.82) is 0 Å². The van der Waals surface area contributed by atoms with Gasteiger partial charge in [-0.3, -0.25) is 4.79 Å². The number of hydrogen-bond acceptors (Lipinski definition) is 5. The van der Waals surface area contributed by atoms with Gasteiger partial charge in [0, 0.05) is 16.2 Å². The summed E-state index contributed by atoms with van der Waals surface area (Å²) in [6, 6.07) is 11.5. The van der Waals surface area contributed by atoms with Gasteiger partial charge in [-0.25, -0.2) is 4.99 Å². The number of thiophene rings is 2. The fourth-order valence-electron chi connectivity index (χ4n) is 3.13. The number of primary amides is 1. The van der Waals surface area contributed by atoms with Gasteiger partial charge in [0.2, 0.25) is 0 Å². The van der Waals surface area contributed by atoms with E-state index in [0.29, 0.717) is 10.6 Å². The van der Waals surface area contributed by atoms with E-state index in [9.17, 15) is 9.90 Å². The molecule has 28 heavy (non-hydrogen) atoms. The fraction of sp³-hybridized carbons (Fsp3) is 0.238. The van der Waals surface area contributed by atoms with Crippen LogP contribution in [0.2, 0.25) is 0 Å². The van der Waals surface area contributed by atoms with Crippen molar-refractivity contribution in [2.24, 2.45) is 10.7 Å². The molecule has 1 aliphatic rings. The molecule has 5 nitrogen and oxygen atoms in total. The summed E-state index contributed by atoms with van der Waals surface area (Å²) in [5.74, 6) is 0.362. The maximum atomic E-state index is 12.0. The number of aliphatic hydroxyl groups is 1. The number of aryl methyl sites for hydroxylation is 1. The number of aliphatic imine (C=N–C) groups is 1. The largest absolute Gasteiger partial charge is 0.386 e. The summed E-state index contributed by atoms with van der Waals surface area (Å²) in [5.41, 5.74) is 8.02. The molecule has 0 saturated carbocycles. The highest BCUT2D eigenvalue weighted by molar-refractivity contribution is 7.19. The Kier molecular flexibility index (Phi) is 4.82. The molecule has 144 valence electrons. The van der Waals surface area contributed by atoms with E-state index in [4.69, 9.17) is 10.7 Å². The molecule has 3 heterocycles. The number of nitrogens with one attached hydrogen (secondary N) is 1. The van der Waals surface area contributed by atoms with Crippen LogP contribution in [0.3, 0.4) is 0 Å². The number of amides is 1. The Morgan fingerprint density at radius 1 is 1.21 bits per heavy atom. The highest BCUT2D eigenvalue weighted by Crippen LogP contribution is 2.39. The van der Waals surface area contributed by atoms with Gasteiger partial charge in [-0.05, 0) is 48.9 Å². The topological polar surface area (TPSA) is 87.7 Å². The Hall–Kier alpha value is -2.48. The number of anilines is 1. The first-order chi connectivity index (χ1) is 13.3. The van der Waals surface area contributed by atoms with Crippen molar-refractivity contribution in [2.75, 3.05) is 5.32 Å². The SMILES string of the molecule is CC(C)(O)c1ccc(-c2cc(C(N)=O)c(/N=C3/CCc4sccc4N3)s2)cc1. The van der Waals surface area contributed by atoms with Crippen LogP contribution in [0.4, 0.5) is 10.7 Å². The molecule has 1 aliphatic heterocycles. The maximum absolute atomic E-state index is 12.0. The third-order valence-electron chi connectivity index (χ3n) is 4.70. The molecule has 0 spiro atoms. The molecule has 4 rings (SSSR count). The maximum Gasteiger partial charge on any atom is 0.251 e. The molecule has 0 fully saturated rings. The van der Waals surface area contributed by atoms with E-state index in [1.807, 2.05) is 30.3 Å². The van der Waals surface area contributed by atoms with Gasteiger partial charge >= 0.3 is 0 Å². The number of nitrogens with zero attached hydrogens (tertiary/aromatic N) is 1. The Bertz CT molecular complexity index is 1060. The van der Waals surface area contributed by atoms with Gasteiger partial charge < -0.3 is 16.2 Å². The highest BCUT2D eigenvalue weighted by atomic mass is 32.1. The zero-order valence-corrected chi connectivity index (χ0v) is 17.3. The summed E-state index contributed by atoms with van der Waals surface area (Å²) in [6.45, 7) is 3.51. The van der Waals surface area contributed by atoms with Crippen molar-refractivity contribution >= 4 is 45.1 Å². The van der Waals surface area contributed by atoms with Crippen LogP contribution in [0.5, 0.6) is 0 Å². The summed E-state index contributed by atoms with van der Waals surface area (Å²) in [5, 5.41) is 16.2. The van der Waals surface area contributed by atoms with Crippen LogP contribution in [0.15, 0.2) is 46.8 Å². The second kappa shape index (κ2) is 7.16. The summed E-state index contributed by atoms with van der Waals surface area (Å²) in [4.78, 5) is 18.9. The van der Waals surface area contributed by atoms with E-state index < -0.39 is 11.5 Å². The minimum absolute atomic E-state index is 0.428. The second-order valence-corrected chi connectivity index (χ2v) is 9.30. The molecular formula is C21H21N3O2S2. The van der Waals surface area contributed by atoms with Gasteiger partial charge in [-0.15, -0.1) is 22.7 Å². The lowest BCUT2D eigenvalue weighted by molar-refractivity contribution is 0.0786. The monoisotopic (exact) mass is 411 g/mol. The van der Waals surface area contributed by atoms with E-state index >= 15 is 0 Å². The van der Waals surface area contributed by atoms with Crippen LogP contribution >= 0.6 is 22.7 Å². The standard InChI is InChI=1S/C21H21N3O2S2/c1-21(2,26)13-5-3-12(4-6-13)17-11-14(19(22)25)20(28-17)24-18-8-7-16-15(23-18)9-10-27-16/h3-6,9-11,26H,7-8H2,1-2H3,(H2,22,25)(H,23,24). The first kappa shape index (κ1) is 18.9. The van der Waals surface area contributed by atoms with E-state index in [-0.39, 0.29) is 0 Å². The van der Waals surface area contributed by atoms with Gasteiger partial charge in [-0.2, -0.15) is 0 Å². The van der Waals surface area contributed by atoms with Gasteiger partial charge in [0.1, 0.15) is 10.8 Å². The Labute approximate surface area is 171 Å². The molecular weight excluding hydrogens is 390 g/mol. The molecule has 0 unspecified atom stereocenters. The van der Waals surface area contributed by atoms with Crippen LogP contribution in [0.25, 0.3) is 10.4 Å². The number of carbonyl (C=O) groups is 1. The molecule has 0 aliphatic carbocycles. The lowest BCUT2D eigenvalue weighted by Gasteiger charge is -2.17. The minimum atomic E-state index is -0.892. The zero-order valence-electron chi connectivity index (χ0n) is 15.7. The zero-order chi connectivity index (χ0) is 19.9. The van der Waals surface area contributed by atoms with Crippen molar-refractivity contribution in [3.8, 4) is 10.4 Å². The molecule has 3 aromatic rings. The molecule has 2 aromatic heterocycles. The molecule has 7 heteroatoms. The summed E-state index contributed by atoms with van der Waals surface area (Å²) >= 11 is 3.18. The lowest BCUT2D eigenvalue weighted by atomic mass is 9.97. The average Bonchev–Trinajstić information content (AvgIpc) is 3.27. The Balaban J connectivity index is 1.67. The number of rotatable bonds is 4. The highest BCUT2D eigenvalue weighted by Gasteiger charge is 2.19. The number of benzene rings is 1. The van der Waals surface area contributed by atoms with Gasteiger partial charge in [0.15, 0.2) is 0 Å². The van der Waals surface area contributed by atoms with Crippen LogP contribution in [-0.4, -0.2) is 16.8 Å². The molecule has 4 N–H and O–H groups in total. The quantitative estimate of drug-likeness (QED) is 0.571. The summed E-state index contributed by atoms with van der Waals surface area (Å²) in [6.07, 6.45) is 1.75. The van der Waals surface area contributed by atoms with Crippen LogP contribution in [0.1, 0.15) is 41.1 Å². The first-order valence-electron chi connectivity index (χ1n) is 8.99.